The van der Waals surface area contributed by atoms with Crippen molar-refractivity contribution >= 4 is 22.4 Å². The molecule has 2 N–H and O–H groups in total. The van der Waals surface area contributed by atoms with Crippen LogP contribution in [0.1, 0.15) is 46.5 Å². The number of amides is 1. The lowest BCUT2D eigenvalue weighted by Crippen LogP contribution is -2.20. The van der Waals surface area contributed by atoms with E-state index in [-0.39, 0.29) is 17.6 Å². The molecule has 0 aliphatic heterocycles. The topological polar surface area (TPSA) is 96.4 Å². The lowest BCUT2D eigenvalue weighted by molar-refractivity contribution is 0.0995. The van der Waals surface area contributed by atoms with Crippen LogP contribution < -0.4 is 20.8 Å². The van der Waals surface area contributed by atoms with Gasteiger partial charge >= 0.3 is 0 Å². The predicted octanol–water partition coefficient (Wildman–Crippen LogP) is 6.54. The molecule has 1 aliphatic carbocycles. The Labute approximate surface area is 248 Å². The minimum absolute atomic E-state index is 0.197. The average Bonchev–Trinajstić information content (AvgIpc) is 3.29. The summed E-state index contributed by atoms with van der Waals surface area (Å²) >= 11 is 0. The number of carbonyl (C=O) groups is 1. The van der Waals surface area contributed by atoms with E-state index in [1.807, 2.05) is 69.3 Å². The van der Waals surface area contributed by atoms with Gasteiger partial charge in [0.2, 0.25) is 0 Å². The van der Waals surface area contributed by atoms with Gasteiger partial charge in [-0.15, -0.1) is 0 Å². The highest BCUT2D eigenvalue weighted by Crippen LogP contribution is 2.46. The number of halogens is 1. The molecule has 1 aromatic heterocycles. The van der Waals surface area contributed by atoms with E-state index in [4.69, 9.17) is 15.2 Å². The Bertz CT molecular complexity index is 2030. The van der Waals surface area contributed by atoms with Crippen LogP contribution in [0.3, 0.4) is 0 Å². The summed E-state index contributed by atoms with van der Waals surface area (Å²) in [6.07, 6.45) is 2.04. The van der Waals surface area contributed by atoms with Crippen molar-refractivity contribution in [3.05, 3.63) is 123 Å². The Morgan fingerprint density at radius 2 is 1.79 bits per heavy atom. The number of fused-ring (bicyclic) bond motifs is 2. The number of benzene rings is 4. The Hall–Kier alpha value is -5.24. The molecule has 0 bridgehead atoms. The normalized spacial score (nSPS) is 12.5. The van der Waals surface area contributed by atoms with Crippen molar-refractivity contribution in [3.8, 4) is 28.3 Å². The molecule has 5 aromatic rings. The summed E-state index contributed by atoms with van der Waals surface area (Å²) in [6.45, 7) is 6.24. The van der Waals surface area contributed by atoms with Gasteiger partial charge < -0.3 is 15.2 Å². The zero-order valence-electron chi connectivity index (χ0n) is 24.3. The summed E-state index contributed by atoms with van der Waals surface area (Å²) in [6, 6.07) is 19.0. The van der Waals surface area contributed by atoms with Crippen molar-refractivity contribution in [2.45, 2.75) is 33.8 Å². The number of aromatic nitrogens is 2. The summed E-state index contributed by atoms with van der Waals surface area (Å²) in [5.74, 6) is 0.0741. The van der Waals surface area contributed by atoms with E-state index in [9.17, 15) is 14.0 Å². The first-order valence-electron chi connectivity index (χ1n) is 13.9. The van der Waals surface area contributed by atoms with Crippen LogP contribution in [0.15, 0.2) is 83.4 Å². The van der Waals surface area contributed by atoms with Crippen molar-refractivity contribution in [1.82, 2.24) is 9.55 Å². The van der Waals surface area contributed by atoms with Crippen molar-refractivity contribution in [2.24, 2.45) is 5.73 Å². The Morgan fingerprint density at radius 1 is 1.02 bits per heavy atom. The molecule has 7 nitrogen and oxygen atoms in total. The number of ether oxygens (including phenoxy) is 2. The van der Waals surface area contributed by atoms with Gasteiger partial charge in [0.05, 0.1) is 29.3 Å². The molecule has 1 aliphatic rings. The second kappa shape index (κ2) is 10.9. The molecule has 0 atom stereocenters. The van der Waals surface area contributed by atoms with Crippen molar-refractivity contribution in [1.29, 1.82) is 0 Å². The van der Waals surface area contributed by atoms with Crippen LogP contribution in [0.2, 0.25) is 0 Å². The lowest BCUT2D eigenvalue weighted by atomic mass is 9.88. The molecule has 0 radical (unpaired) electrons. The standard InChI is InChI=1S/C35H30FN3O4/c1-19-14-28-32(20(19)2)26(16-31(33(28)34(37)40)43-17-22-8-11-24(42-4)12-9-22)25-6-5-7-30(21(25)3)39-18-38-29-13-10-23(36)15-27(29)35(39)41/h5-13,15-16,18H,14,17H2,1-4H3,(H2,37,40). The molecule has 0 fully saturated rings. The van der Waals surface area contributed by atoms with Crippen LogP contribution in [-0.2, 0) is 13.0 Å². The molecule has 6 rings (SSSR count). The third-order valence-corrected chi connectivity index (χ3v) is 8.23. The number of nitrogens with zero attached hydrogens (tertiary/aromatic N) is 2. The summed E-state index contributed by atoms with van der Waals surface area (Å²) in [5.41, 5.74) is 14.4. The molecule has 8 heteroatoms. The monoisotopic (exact) mass is 575 g/mol. The van der Waals surface area contributed by atoms with E-state index >= 15 is 0 Å². The van der Waals surface area contributed by atoms with Gasteiger partial charge in [0.15, 0.2) is 0 Å². The highest BCUT2D eigenvalue weighted by molar-refractivity contribution is 6.03. The molecule has 0 spiro atoms. The predicted molar refractivity (Wildman–Crippen MR) is 165 cm³/mol. The van der Waals surface area contributed by atoms with Gasteiger partial charge in [0.25, 0.3) is 11.5 Å². The second-order valence-electron chi connectivity index (χ2n) is 10.8. The van der Waals surface area contributed by atoms with Gasteiger partial charge in [-0.3, -0.25) is 14.2 Å². The van der Waals surface area contributed by atoms with E-state index in [1.165, 1.54) is 29.1 Å². The summed E-state index contributed by atoms with van der Waals surface area (Å²) in [5, 5.41) is 0.197. The maximum Gasteiger partial charge on any atom is 0.265 e. The van der Waals surface area contributed by atoms with Crippen LogP contribution in [-0.4, -0.2) is 22.6 Å². The Morgan fingerprint density at radius 3 is 2.51 bits per heavy atom. The minimum Gasteiger partial charge on any atom is -0.497 e. The molecule has 0 saturated heterocycles. The van der Waals surface area contributed by atoms with Crippen LogP contribution in [0, 0.1) is 12.7 Å². The van der Waals surface area contributed by atoms with Crippen molar-refractivity contribution < 1.29 is 18.7 Å². The molecular weight excluding hydrogens is 545 g/mol. The number of carbonyl (C=O) groups excluding carboxylic acids is 1. The van der Waals surface area contributed by atoms with Crippen LogP contribution in [0.4, 0.5) is 4.39 Å². The molecule has 0 unspecified atom stereocenters. The highest BCUT2D eigenvalue weighted by Gasteiger charge is 2.29. The van der Waals surface area contributed by atoms with Crippen molar-refractivity contribution in [2.75, 3.05) is 7.11 Å². The summed E-state index contributed by atoms with van der Waals surface area (Å²) in [4.78, 5) is 30.7. The number of hydrogen-bond acceptors (Lipinski definition) is 5. The number of allylic oxidation sites excluding steroid dienone is 2. The number of rotatable bonds is 7. The van der Waals surface area contributed by atoms with Gasteiger partial charge in [-0.25, -0.2) is 9.37 Å². The van der Waals surface area contributed by atoms with Crippen LogP contribution in [0.5, 0.6) is 11.5 Å². The molecule has 4 aromatic carbocycles. The quantitative estimate of drug-likeness (QED) is 0.238. The molecule has 0 saturated carbocycles. The molecule has 1 heterocycles. The number of hydrogen-bond donors (Lipinski definition) is 1. The number of nitrogens with two attached hydrogens (primary N) is 1. The second-order valence-corrected chi connectivity index (χ2v) is 10.8. The fraction of sp³-hybridized carbons (Fsp3) is 0.171. The molecule has 1 amide bonds. The van der Waals surface area contributed by atoms with Gasteiger partial charge in [0.1, 0.15) is 30.3 Å². The molecular formula is C35H30FN3O4. The Kier molecular flexibility index (Phi) is 7.05. The van der Waals surface area contributed by atoms with Gasteiger partial charge in [-0.1, -0.05) is 29.8 Å². The van der Waals surface area contributed by atoms with E-state index in [1.54, 1.807) is 7.11 Å². The molecule has 43 heavy (non-hydrogen) atoms. The smallest absolute Gasteiger partial charge is 0.265 e. The zero-order valence-corrected chi connectivity index (χ0v) is 24.3. The van der Waals surface area contributed by atoms with E-state index in [0.717, 1.165) is 50.3 Å². The minimum atomic E-state index is -0.554. The third kappa shape index (κ3) is 4.84. The van der Waals surface area contributed by atoms with Gasteiger partial charge in [-0.05, 0) is 109 Å². The first kappa shape index (κ1) is 27.9. The van der Waals surface area contributed by atoms with Crippen LogP contribution >= 0.6 is 0 Å². The largest absolute Gasteiger partial charge is 0.497 e. The SMILES string of the molecule is COc1ccc(COc2cc(-c3cccc(-n4cnc5ccc(F)cc5c4=O)c3C)c3c(c2C(N)=O)CC(C)=C3C)cc1. The highest BCUT2D eigenvalue weighted by atomic mass is 19.1. The number of primary amides is 1. The average molecular weight is 576 g/mol. The summed E-state index contributed by atoms with van der Waals surface area (Å²) in [7, 11) is 1.61. The maximum atomic E-state index is 14.0. The lowest BCUT2D eigenvalue weighted by Gasteiger charge is -2.21. The van der Waals surface area contributed by atoms with E-state index in [0.29, 0.717) is 28.9 Å². The third-order valence-electron chi connectivity index (χ3n) is 8.23. The van der Waals surface area contributed by atoms with Crippen molar-refractivity contribution in [3.63, 3.8) is 0 Å². The van der Waals surface area contributed by atoms with Gasteiger partial charge in [-0.2, -0.15) is 0 Å². The Balaban J connectivity index is 1.52. The number of methoxy groups -OCH3 is 1. The van der Waals surface area contributed by atoms with E-state index in [2.05, 4.69) is 4.98 Å². The fourth-order valence-electron chi connectivity index (χ4n) is 5.85. The zero-order chi connectivity index (χ0) is 30.4. The first-order chi connectivity index (χ1) is 20.7. The fourth-order valence-corrected chi connectivity index (χ4v) is 5.85. The maximum absolute atomic E-state index is 14.0. The van der Waals surface area contributed by atoms with Crippen LogP contribution in [0.25, 0.3) is 33.3 Å². The summed E-state index contributed by atoms with van der Waals surface area (Å²) < 4.78 is 27.0. The first-order valence-corrected chi connectivity index (χ1v) is 13.9. The molecule has 216 valence electrons. The van der Waals surface area contributed by atoms with Gasteiger partial charge in [0, 0.05) is 0 Å². The van der Waals surface area contributed by atoms with E-state index < -0.39 is 11.7 Å².